The van der Waals surface area contributed by atoms with Gasteiger partial charge >= 0.3 is 0 Å². The van der Waals surface area contributed by atoms with Gasteiger partial charge in [0.15, 0.2) is 0 Å². The maximum absolute atomic E-state index is 12.0. The topological polar surface area (TPSA) is 41.5 Å². The Balaban J connectivity index is 2.11. The summed E-state index contributed by atoms with van der Waals surface area (Å²) in [5.41, 5.74) is 6.25. The Morgan fingerprint density at radius 1 is 1.00 bits per heavy atom. The van der Waals surface area contributed by atoms with Gasteiger partial charge in [0.1, 0.15) is 0 Å². The fourth-order valence-corrected chi connectivity index (χ4v) is 1.87. The molecule has 0 radical (unpaired) electrons. The van der Waals surface area contributed by atoms with E-state index in [0.717, 1.165) is 23.3 Å². The van der Waals surface area contributed by atoms with Crippen LogP contribution in [0.15, 0.2) is 59.7 Å². The van der Waals surface area contributed by atoms with Crippen LogP contribution in [0.3, 0.4) is 0 Å². The third-order valence-electron chi connectivity index (χ3n) is 3.05. The molecule has 2 aromatic rings. The molecule has 0 aliphatic carbocycles. The van der Waals surface area contributed by atoms with Gasteiger partial charge in [0, 0.05) is 5.56 Å². The zero-order valence-corrected chi connectivity index (χ0v) is 11.8. The molecule has 3 heteroatoms. The van der Waals surface area contributed by atoms with Gasteiger partial charge in [-0.05, 0) is 31.0 Å². The molecule has 0 saturated carbocycles. The zero-order chi connectivity index (χ0) is 14.4. The van der Waals surface area contributed by atoms with Gasteiger partial charge in [0.25, 0.3) is 5.91 Å². The van der Waals surface area contributed by atoms with Gasteiger partial charge in [-0.3, -0.25) is 4.79 Å². The van der Waals surface area contributed by atoms with E-state index in [4.69, 9.17) is 0 Å². The summed E-state index contributed by atoms with van der Waals surface area (Å²) in [7, 11) is 0. The Morgan fingerprint density at radius 2 is 1.65 bits per heavy atom. The fourth-order valence-electron chi connectivity index (χ4n) is 1.87. The van der Waals surface area contributed by atoms with Crippen molar-refractivity contribution in [3.63, 3.8) is 0 Å². The summed E-state index contributed by atoms with van der Waals surface area (Å²) in [4.78, 5) is 12.0. The molecule has 0 heterocycles. The molecule has 0 saturated heterocycles. The molecule has 0 aliphatic rings. The Hall–Kier alpha value is -2.42. The van der Waals surface area contributed by atoms with Gasteiger partial charge in [-0.1, -0.05) is 55.0 Å². The van der Waals surface area contributed by atoms with Crippen LogP contribution in [0.5, 0.6) is 0 Å². The molecule has 1 amide bonds. The number of rotatable bonds is 4. The van der Waals surface area contributed by atoms with E-state index >= 15 is 0 Å². The predicted octanol–water partition coefficient (Wildman–Crippen LogP) is 3.54. The summed E-state index contributed by atoms with van der Waals surface area (Å²) >= 11 is 0. The second-order valence-electron chi connectivity index (χ2n) is 4.59. The number of hydrogen-bond donors (Lipinski definition) is 1. The van der Waals surface area contributed by atoms with Gasteiger partial charge < -0.3 is 0 Å². The maximum atomic E-state index is 12.0. The highest BCUT2D eigenvalue weighted by atomic mass is 16.2. The quantitative estimate of drug-likeness (QED) is 0.667. The molecule has 20 heavy (non-hydrogen) atoms. The molecule has 1 N–H and O–H groups in total. The first kappa shape index (κ1) is 14.0. The number of hydrazone groups is 1. The molecule has 3 nitrogen and oxygen atoms in total. The van der Waals surface area contributed by atoms with Crippen molar-refractivity contribution in [3.05, 3.63) is 71.3 Å². The summed E-state index contributed by atoms with van der Waals surface area (Å²) in [6.45, 7) is 4.01. The van der Waals surface area contributed by atoms with Crippen LogP contribution in [0.2, 0.25) is 0 Å². The lowest BCUT2D eigenvalue weighted by Gasteiger charge is -2.05. The summed E-state index contributed by atoms with van der Waals surface area (Å²) in [6.07, 6.45) is 0.762. The first-order valence-electron chi connectivity index (χ1n) is 6.69. The summed E-state index contributed by atoms with van der Waals surface area (Å²) in [5, 5.41) is 4.23. The molecule has 0 aliphatic heterocycles. The number of nitrogens with zero attached hydrogens (tertiary/aromatic N) is 1. The Morgan fingerprint density at radius 3 is 2.25 bits per heavy atom. The summed E-state index contributed by atoms with van der Waals surface area (Å²) in [5.74, 6) is -0.188. The van der Waals surface area contributed by atoms with Crippen molar-refractivity contribution in [1.29, 1.82) is 0 Å². The number of hydrogen-bond acceptors (Lipinski definition) is 2. The molecule has 0 aromatic heterocycles. The average Bonchev–Trinajstić information content (AvgIpc) is 2.49. The van der Waals surface area contributed by atoms with Crippen LogP contribution in [0.1, 0.15) is 34.8 Å². The Bertz CT molecular complexity index is 601. The average molecular weight is 266 g/mol. The van der Waals surface area contributed by atoms with Crippen molar-refractivity contribution in [2.75, 3.05) is 0 Å². The fraction of sp³-hybridized carbons (Fsp3) is 0.176. The van der Waals surface area contributed by atoms with Crippen LogP contribution < -0.4 is 5.43 Å². The molecule has 0 bridgehead atoms. The number of nitrogens with one attached hydrogen (secondary N) is 1. The standard InChI is InChI=1S/C17H18N2O/c1-3-16(14-7-5-4-6-8-14)18-19-17(20)15-11-9-13(2)10-12-15/h4-12H,3H2,1-2H3,(H,19,20). The van der Waals surface area contributed by atoms with Crippen LogP contribution in [-0.2, 0) is 0 Å². The normalized spacial score (nSPS) is 11.2. The van der Waals surface area contributed by atoms with E-state index in [2.05, 4.69) is 10.5 Å². The minimum atomic E-state index is -0.188. The van der Waals surface area contributed by atoms with Crippen molar-refractivity contribution in [3.8, 4) is 0 Å². The van der Waals surface area contributed by atoms with Gasteiger partial charge in [-0.25, -0.2) is 5.43 Å². The predicted molar refractivity (Wildman–Crippen MR) is 81.9 cm³/mol. The first-order chi connectivity index (χ1) is 9.70. The number of benzene rings is 2. The molecule has 102 valence electrons. The molecule has 0 atom stereocenters. The lowest BCUT2D eigenvalue weighted by atomic mass is 10.1. The smallest absolute Gasteiger partial charge is 0.267 e. The minimum absolute atomic E-state index is 0.188. The second-order valence-corrected chi connectivity index (χ2v) is 4.59. The molecule has 0 fully saturated rings. The number of carbonyl (C=O) groups is 1. The number of carbonyl (C=O) groups excluding carboxylic acids is 1. The van der Waals surface area contributed by atoms with E-state index in [1.165, 1.54) is 0 Å². The number of amides is 1. The highest BCUT2D eigenvalue weighted by molar-refractivity contribution is 6.02. The highest BCUT2D eigenvalue weighted by Crippen LogP contribution is 2.05. The third kappa shape index (κ3) is 3.54. The van der Waals surface area contributed by atoms with Crippen LogP contribution >= 0.6 is 0 Å². The third-order valence-corrected chi connectivity index (χ3v) is 3.05. The van der Waals surface area contributed by atoms with E-state index in [1.54, 1.807) is 12.1 Å². The Kier molecular flexibility index (Phi) is 4.66. The second kappa shape index (κ2) is 6.66. The largest absolute Gasteiger partial charge is 0.271 e. The number of aryl methyl sites for hydroxylation is 1. The summed E-state index contributed by atoms with van der Waals surface area (Å²) < 4.78 is 0. The summed E-state index contributed by atoms with van der Waals surface area (Å²) in [6, 6.07) is 17.3. The van der Waals surface area contributed by atoms with Crippen LogP contribution in [0, 0.1) is 6.92 Å². The molecule has 0 unspecified atom stereocenters. The van der Waals surface area contributed by atoms with E-state index < -0.39 is 0 Å². The van der Waals surface area contributed by atoms with Crippen LogP contribution in [0.25, 0.3) is 0 Å². The molecule has 2 aromatic carbocycles. The van der Waals surface area contributed by atoms with E-state index in [1.807, 2.05) is 56.3 Å². The van der Waals surface area contributed by atoms with Gasteiger partial charge in [-0.2, -0.15) is 5.10 Å². The van der Waals surface area contributed by atoms with Gasteiger partial charge in [0.2, 0.25) is 0 Å². The SMILES string of the molecule is CCC(=NNC(=O)c1ccc(C)cc1)c1ccccc1. The first-order valence-corrected chi connectivity index (χ1v) is 6.69. The van der Waals surface area contributed by atoms with Crippen molar-refractivity contribution in [2.45, 2.75) is 20.3 Å². The van der Waals surface area contributed by atoms with Crippen molar-refractivity contribution in [2.24, 2.45) is 5.10 Å². The Labute approximate surface area is 119 Å². The molecular formula is C17H18N2O. The minimum Gasteiger partial charge on any atom is -0.267 e. The van der Waals surface area contributed by atoms with Crippen molar-refractivity contribution in [1.82, 2.24) is 5.43 Å². The van der Waals surface area contributed by atoms with Gasteiger partial charge in [-0.15, -0.1) is 0 Å². The van der Waals surface area contributed by atoms with Gasteiger partial charge in [0.05, 0.1) is 5.71 Å². The molecule has 0 spiro atoms. The van der Waals surface area contributed by atoms with Crippen molar-refractivity contribution >= 4 is 11.6 Å². The van der Waals surface area contributed by atoms with E-state index in [0.29, 0.717) is 5.56 Å². The zero-order valence-electron chi connectivity index (χ0n) is 11.8. The monoisotopic (exact) mass is 266 g/mol. The lowest BCUT2D eigenvalue weighted by Crippen LogP contribution is -2.19. The van der Waals surface area contributed by atoms with Crippen LogP contribution in [0.4, 0.5) is 0 Å². The maximum Gasteiger partial charge on any atom is 0.271 e. The van der Waals surface area contributed by atoms with Crippen LogP contribution in [-0.4, -0.2) is 11.6 Å². The highest BCUT2D eigenvalue weighted by Gasteiger charge is 2.05. The van der Waals surface area contributed by atoms with Crippen molar-refractivity contribution < 1.29 is 4.79 Å². The van der Waals surface area contributed by atoms with E-state index in [9.17, 15) is 4.79 Å². The lowest BCUT2D eigenvalue weighted by molar-refractivity contribution is 0.0955. The van der Waals surface area contributed by atoms with E-state index in [-0.39, 0.29) is 5.91 Å². The molecule has 2 rings (SSSR count). The molecular weight excluding hydrogens is 248 g/mol.